The zero-order valence-corrected chi connectivity index (χ0v) is 29.1. The fraction of sp³-hybridized carbons (Fsp3) is 0.750. The second-order valence-corrected chi connectivity index (χ2v) is 13.0. The predicted octanol–water partition coefficient (Wildman–Crippen LogP) is 11.1. The van der Waals surface area contributed by atoms with Crippen molar-refractivity contribution < 1.29 is 18.6 Å². The monoisotopic (exact) mass is 611 g/mol. The van der Waals surface area contributed by atoms with Crippen LogP contribution in [0.3, 0.4) is 0 Å². The maximum atomic E-state index is 6.05. The summed E-state index contributed by atoms with van der Waals surface area (Å²) in [7, 11) is 0. The van der Waals surface area contributed by atoms with E-state index in [-0.39, 0.29) is 0 Å². The van der Waals surface area contributed by atoms with Crippen LogP contribution in [0.5, 0.6) is 11.5 Å². The summed E-state index contributed by atoms with van der Waals surface area (Å²) in [5, 5.41) is 0. The molecule has 2 heterocycles. The minimum Gasteiger partial charge on any atom is -0.487 e. The molecule has 2 aromatic heterocycles. The Bertz CT molecular complexity index is 829. The third-order valence-corrected chi connectivity index (χ3v) is 8.78. The largest absolute Gasteiger partial charge is 0.487 e. The lowest BCUT2D eigenvalue weighted by Crippen LogP contribution is -2.33. The highest BCUT2D eigenvalue weighted by atomic mass is 16.5. The Morgan fingerprint density at radius 1 is 0.409 bits per heavy atom. The summed E-state index contributed by atoms with van der Waals surface area (Å²) >= 11 is 0. The van der Waals surface area contributed by atoms with Gasteiger partial charge >= 0.3 is 0 Å². The molecule has 0 amide bonds. The van der Waals surface area contributed by atoms with Gasteiger partial charge in [-0.25, -0.2) is 9.13 Å². The van der Waals surface area contributed by atoms with E-state index in [0.717, 1.165) is 50.6 Å². The highest BCUT2D eigenvalue weighted by Crippen LogP contribution is 2.13. The van der Waals surface area contributed by atoms with Gasteiger partial charge in [0, 0.05) is 25.0 Å². The number of hydrogen-bond donors (Lipinski definition) is 0. The van der Waals surface area contributed by atoms with Crippen LogP contribution in [-0.4, -0.2) is 13.2 Å². The first-order valence-electron chi connectivity index (χ1n) is 19.1. The molecule has 0 saturated carbocycles. The number of pyridine rings is 2. The molecule has 0 bridgehead atoms. The Labute approximate surface area is 273 Å². The summed E-state index contributed by atoms with van der Waals surface area (Å²) in [6.45, 7) is 8.37. The van der Waals surface area contributed by atoms with Crippen molar-refractivity contribution in [1.82, 2.24) is 0 Å². The van der Waals surface area contributed by atoms with Gasteiger partial charge in [-0.3, -0.25) is 0 Å². The summed E-state index contributed by atoms with van der Waals surface area (Å²) in [5.74, 6) is 2.02. The normalized spacial score (nSPS) is 11.2. The number of nitrogens with zero attached hydrogens (tertiary/aromatic N) is 2. The summed E-state index contributed by atoms with van der Waals surface area (Å²) in [5.41, 5.74) is 0. The van der Waals surface area contributed by atoms with Gasteiger partial charge in [0.15, 0.2) is 23.9 Å². The van der Waals surface area contributed by atoms with Crippen molar-refractivity contribution in [3.63, 3.8) is 0 Å². The quantitative estimate of drug-likeness (QED) is 0.0627. The lowest BCUT2D eigenvalue weighted by molar-refractivity contribution is -0.699. The number of rotatable bonds is 31. The molecule has 4 heteroatoms. The second-order valence-electron chi connectivity index (χ2n) is 13.0. The first-order chi connectivity index (χ1) is 21.8. The molecule has 2 aromatic rings. The summed E-state index contributed by atoms with van der Waals surface area (Å²) in [6.07, 6.45) is 40.8. The Morgan fingerprint density at radius 2 is 0.727 bits per heavy atom. The fourth-order valence-corrected chi connectivity index (χ4v) is 5.95. The molecule has 250 valence electrons. The van der Waals surface area contributed by atoms with Crippen LogP contribution in [0.25, 0.3) is 0 Å². The molecule has 0 fully saturated rings. The van der Waals surface area contributed by atoms with E-state index in [1.54, 1.807) is 0 Å². The molecule has 0 aliphatic heterocycles. The number of unbranched alkanes of at least 4 members (excludes halogenated alkanes) is 21. The van der Waals surface area contributed by atoms with Crippen LogP contribution in [0, 0.1) is 0 Å². The van der Waals surface area contributed by atoms with Gasteiger partial charge in [0.1, 0.15) is 13.1 Å². The van der Waals surface area contributed by atoms with Crippen LogP contribution in [0.15, 0.2) is 49.1 Å². The molecule has 0 aromatic carbocycles. The zero-order valence-electron chi connectivity index (χ0n) is 29.1. The Morgan fingerprint density at radius 3 is 1.09 bits per heavy atom. The molecule has 0 aliphatic carbocycles. The van der Waals surface area contributed by atoms with Crippen molar-refractivity contribution in [3.05, 3.63) is 49.1 Å². The second kappa shape index (κ2) is 28.4. The Balaban J connectivity index is 1.44. The van der Waals surface area contributed by atoms with Crippen LogP contribution < -0.4 is 18.6 Å². The van der Waals surface area contributed by atoms with E-state index >= 15 is 0 Å². The topological polar surface area (TPSA) is 26.2 Å². The molecule has 0 aliphatic rings. The molecule has 0 unspecified atom stereocenters. The van der Waals surface area contributed by atoms with E-state index in [0.29, 0.717) is 0 Å². The van der Waals surface area contributed by atoms with Crippen LogP contribution in [-0.2, 0) is 13.1 Å². The van der Waals surface area contributed by atoms with E-state index in [2.05, 4.69) is 72.0 Å². The van der Waals surface area contributed by atoms with Gasteiger partial charge in [0.2, 0.25) is 12.4 Å². The average Bonchev–Trinajstić information content (AvgIpc) is 3.04. The highest BCUT2D eigenvalue weighted by Gasteiger charge is 2.06. The molecule has 0 saturated heterocycles. The number of ether oxygens (including phenoxy) is 2. The van der Waals surface area contributed by atoms with Crippen molar-refractivity contribution in [1.29, 1.82) is 0 Å². The van der Waals surface area contributed by atoms with E-state index < -0.39 is 0 Å². The molecule has 4 nitrogen and oxygen atoms in total. The van der Waals surface area contributed by atoms with Gasteiger partial charge in [-0.2, -0.15) is 0 Å². The van der Waals surface area contributed by atoms with Gasteiger partial charge in [-0.1, -0.05) is 129 Å². The summed E-state index contributed by atoms with van der Waals surface area (Å²) in [4.78, 5) is 0. The molecular formula is C40H70N2O2+2. The van der Waals surface area contributed by atoms with Crippen molar-refractivity contribution in [2.24, 2.45) is 0 Å². The van der Waals surface area contributed by atoms with E-state index in [1.165, 1.54) is 141 Å². The summed E-state index contributed by atoms with van der Waals surface area (Å²) in [6, 6.07) is 8.43. The lowest BCUT2D eigenvalue weighted by atomic mass is 10.1. The highest BCUT2D eigenvalue weighted by molar-refractivity contribution is 5.13. The standard InChI is InChI=1S/C40H70N2O2/c1-3-5-7-9-11-13-15-17-21-25-35-43-39-29-27-33-41(37-39)31-23-19-20-24-32-42-34-28-30-40(38-42)44-36-26-22-18-16-14-12-10-8-6-4-2/h27-30,33-34,37-38H,3-26,31-32,35-36H2,1-2H3/q+2. The van der Waals surface area contributed by atoms with Crippen molar-refractivity contribution in [2.75, 3.05) is 13.2 Å². The lowest BCUT2D eigenvalue weighted by Gasteiger charge is -2.06. The molecular weight excluding hydrogens is 540 g/mol. The minimum atomic E-state index is 0.837. The van der Waals surface area contributed by atoms with Gasteiger partial charge in [-0.15, -0.1) is 0 Å². The smallest absolute Gasteiger partial charge is 0.211 e. The molecule has 2 rings (SSSR count). The summed E-state index contributed by atoms with van der Waals surface area (Å²) < 4.78 is 16.7. The first kappa shape index (κ1) is 38.1. The molecule has 0 atom stereocenters. The van der Waals surface area contributed by atoms with E-state index in [1.807, 2.05) is 0 Å². The maximum Gasteiger partial charge on any atom is 0.211 e. The third kappa shape index (κ3) is 21.6. The van der Waals surface area contributed by atoms with E-state index in [4.69, 9.17) is 9.47 Å². The van der Waals surface area contributed by atoms with Gasteiger partial charge in [-0.05, 0) is 37.8 Å². The van der Waals surface area contributed by atoms with Crippen molar-refractivity contribution in [3.8, 4) is 11.5 Å². The van der Waals surface area contributed by atoms with Crippen LogP contribution in [0.1, 0.15) is 168 Å². The fourth-order valence-electron chi connectivity index (χ4n) is 5.95. The maximum absolute atomic E-state index is 6.05. The molecule has 0 N–H and O–H groups in total. The minimum absolute atomic E-state index is 0.837. The molecule has 44 heavy (non-hydrogen) atoms. The molecule has 0 spiro atoms. The Kier molecular flexibility index (Phi) is 24.6. The average molecular weight is 611 g/mol. The number of aryl methyl sites for hydroxylation is 2. The number of aromatic nitrogens is 2. The zero-order chi connectivity index (χ0) is 31.2. The first-order valence-corrected chi connectivity index (χ1v) is 19.1. The van der Waals surface area contributed by atoms with Crippen molar-refractivity contribution >= 4 is 0 Å². The predicted molar refractivity (Wildman–Crippen MR) is 186 cm³/mol. The van der Waals surface area contributed by atoms with Crippen LogP contribution in [0.4, 0.5) is 0 Å². The van der Waals surface area contributed by atoms with Crippen molar-refractivity contribution in [2.45, 2.75) is 181 Å². The van der Waals surface area contributed by atoms with Gasteiger partial charge < -0.3 is 9.47 Å². The third-order valence-electron chi connectivity index (χ3n) is 8.78. The van der Waals surface area contributed by atoms with Gasteiger partial charge in [0.05, 0.1) is 13.2 Å². The number of hydrogen-bond acceptors (Lipinski definition) is 2. The Hall–Kier alpha value is -2.10. The van der Waals surface area contributed by atoms with E-state index in [9.17, 15) is 0 Å². The van der Waals surface area contributed by atoms with Crippen LogP contribution >= 0.6 is 0 Å². The van der Waals surface area contributed by atoms with Crippen LogP contribution in [0.2, 0.25) is 0 Å². The van der Waals surface area contributed by atoms with Gasteiger partial charge in [0.25, 0.3) is 0 Å². The SMILES string of the molecule is CCCCCCCCCCCCOc1ccc[n+](CCCCCC[n+]2cccc(OCCCCCCCCCCCC)c2)c1. The molecule has 0 radical (unpaired) electrons.